The lowest BCUT2D eigenvalue weighted by molar-refractivity contribution is -0.114. The van der Waals surface area contributed by atoms with Crippen LogP contribution in [-0.4, -0.2) is 23.6 Å². The van der Waals surface area contributed by atoms with Gasteiger partial charge in [0.05, 0.1) is 18.5 Å². The van der Waals surface area contributed by atoms with E-state index < -0.39 is 11.9 Å². The van der Waals surface area contributed by atoms with Gasteiger partial charge in [-0.3, -0.25) is 10.1 Å². The van der Waals surface area contributed by atoms with Gasteiger partial charge in [0.2, 0.25) is 5.91 Å². The van der Waals surface area contributed by atoms with Crippen molar-refractivity contribution in [1.29, 1.82) is 0 Å². The number of ether oxygens (including phenoxy) is 1. The van der Waals surface area contributed by atoms with Crippen molar-refractivity contribution in [2.45, 2.75) is 13.8 Å². The maximum absolute atomic E-state index is 13.3. The van der Waals surface area contributed by atoms with E-state index in [0.717, 1.165) is 6.20 Å². The summed E-state index contributed by atoms with van der Waals surface area (Å²) >= 11 is 0. The molecule has 2 N–H and O–H groups in total. The Kier molecular flexibility index (Phi) is 4.38. The van der Waals surface area contributed by atoms with Crippen LogP contribution in [0.25, 0.3) is 0 Å². The molecule has 0 aliphatic heterocycles. The lowest BCUT2D eigenvalue weighted by atomic mass is 10.3. The fraction of sp³-hybridized carbons (Fsp3) is 0.300. The van der Waals surface area contributed by atoms with Crippen LogP contribution in [0.15, 0.2) is 12.3 Å². The third kappa shape index (κ3) is 4.06. The third-order valence-electron chi connectivity index (χ3n) is 1.67. The van der Waals surface area contributed by atoms with Crippen molar-refractivity contribution in [2.75, 3.05) is 17.2 Å². The molecule has 1 rings (SSSR count). The summed E-state index contributed by atoms with van der Waals surface area (Å²) in [7, 11) is 0. The predicted molar refractivity (Wildman–Crippen MR) is 59.1 cm³/mol. The number of hydrogen-bond donors (Lipinski definition) is 2. The maximum Gasteiger partial charge on any atom is 0.411 e. The van der Waals surface area contributed by atoms with Crippen molar-refractivity contribution >= 4 is 23.5 Å². The second-order valence-electron chi connectivity index (χ2n) is 3.08. The second kappa shape index (κ2) is 5.78. The molecule has 1 aromatic heterocycles. The summed E-state index contributed by atoms with van der Waals surface area (Å²) in [4.78, 5) is 25.5. The molecule has 0 spiro atoms. The third-order valence-corrected chi connectivity index (χ3v) is 1.67. The highest BCUT2D eigenvalue weighted by molar-refractivity contribution is 5.89. The monoisotopic (exact) mass is 241 g/mol. The summed E-state index contributed by atoms with van der Waals surface area (Å²) in [5.41, 5.74) is -0.109. The first-order chi connectivity index (χ1) is 8.02. The molecule has 0 aliphatic rings. The average molecular weight is 241 g/mol. The molecular weight excluding hydrogens is 229 g/mol. The van der Waals surface area contributed by atoms with Crippen LogP contribution in [0.2, 0.25) is 0 Å². The quantitative estimate of drug-likeness (QED) is 0.844. The first-order valence-electron chi connectivity index (χ1n) is 4.89. The number of pyridine rings is 1. The molecule has 7 heteroatoms. The Morgan fingerprint density at radius 3 is 2.76 bits per heavy atom. The van der Waals surface area contributed by atoms with Crippen molar-refractivity contribution in [1.82, 2.24) is 4.98 Å². The van der Waals surface area contributed by atoms with Crippen LogP contribution in [0.1, 0.15) is 13.8 Å². The van der Waals surface area contributed by atoms with Crippen LogP contribution in [0, 0.1) is 5.82 Å². The number of aromatic nitrogens is 1. The molecule has 1 heterocycles. The van der Waals surface area contributed by atoms with Gasteiger partial charge in [0.1, 0.15) is 5.82 Å². The first kappa shape index (κ1) is 12.9. The topological polar surface area (TPSA) is 80.3 Å². The number of nitrogens with one attached hydrogen (secondary N) is 2. The van der Waals surface area contributed by atoms with Crippen molar-refractivity contribution in [2.24, 2.45) is 0 Å². The minimum atomic E-state index is -0.772. The van der Waals surface area contributed by atoms with Crippen LogP contribution in [0.3, 0.4) is 0 Å². The number of carbonyl (C=O) groups excluding carboxylic acids is 2. The van der Waals surface area contributed by atoms with Gasteiger partial charge < -0.3 is 10.1 Å². The number of nitrogens with zero attached hydrogens (tertiary/aromatic N) is 1. The van der Waals surface area contributed by atoms with Crippen LogP contribution in [0.5, 0.6) is 0 Å². The van der Waals surface area contributed by atoms with Crippen LogP contribution in [0.4, 0.5) is 20.7 Å². The molecule has 0 aliphatic carbocycles. The molecule has 0 radical (unpaired) electrons. The Hall–Kier alpha value is -2.18. The van der Waals surface area contributed by atoms with Gasteiger partial charge in [-0.15, -0.1) is 0 Å². The summed E-state index contributed by atoms with van der Waals surface area (Å²) in [5.74, 6) is -0.913. The zero-order valence-corrected chi connectivity index (χ0v) is 9.41. The highest BCUT2D eigenvalue weighted by Crippen LogP contribution is 2.17. The summed E-state index contributed by atoms with van der Waals surface area (Å²) < 4.78 is 17.9. The molecule has 17 heavy (non-hydrogen) atoms. The Balaban J connectivity index is 2.83. The van der Waals surface area contributed by atoms with Gasteiger partial charge in [0, 0.05) is 13.0 Å². The molecule has 0 bridgehead atoms. The van der Waals surface area contributed by atoms with Crippen molar-refractivity contribution in [3.8, 4) is 0 Å². The Morgan fingerprint density at radius 2 is 2.18 bits per heavy atom. The van der Waals surface area contributed by atoms with Crippen molar-refractivity contribution < 1.29 is 18.7 Å². The minimum Gasteiger partial charge on any atom is -0.450 e. The highest BCUT2D eigenvalue weighted by atomic mass is 19.1. The summed E-state index contributed by atoms with van der Waals surface area (Å²) in [5, 5.41) is 4.57. The second-order valence-corrected chi connectivity index (χ2v) is 3.08. The maximum atomic E-state index is 13.3. The highest BCUT2D eigenvalue weighted by Gasteiger charge is 2.09. The van der Waals surface area contributed by atoms with Gasteiger partial charge in [-0.05, 0) is 6.92 Å². The Bertz CT molecular complexity index is 437. The molecule has 92 valence electrons. The van der Waals surface area contributed by atoms with E-state index in [2.05, 4.69) is 20.4 Å². The molecule has 0 saturated carbocycles. The van der Waals surface area contributed by atoms with E-state index in [-0.39, 0.29) is 24.0 Å². The zero-order chi connectivity index (χ0) is 12.8. The van der Waals surface area contributed by atoms with E-state index >= 15 is 0 Å². The predicted octanol–water partition coefficient (Wildman–Crippen LogP) is 1.75. The molecule has 0 unspecified atom stereocenters. The van der Waals surface area contributed by atoms with E-state index in [1.807, 2.05) is 0 Å². The fourth-order valence-electron chi connectivity index (χ4n) is 1.06. The van der Waals surface area contributed by atoms with Crippen LogP contribution < -0.4 is 10.6 Å². The standard InChI is InChI=1S/C10H12FN3O3/c1-3-17-10(16)14-8-4-9(13-6(2)15)12-5-7(8)11/h4-5H,3H2,1-2H3,(H2,12,13,14,15,16). The van der Waals surface area contributed by atoms with E-state index in [1.165, 1.54) is 13.0 Å². The van der Waals surface area contributed by atoms with E-state index in [4.69, 9.17) is 0 Å². The van der Waals surface area contributed by atoms with Gasteiger partial charge >= 0.3 is 6.09 Å². The van der Waals surface area contributed by atoms with Crippen molar-refractivity contribution in [3.63, 3.8) is 0 Å². The number of halogens is 1. The van der Waals surface area contributed by atoms with Gasteiger partial charge in [-0.1, -0.05) is 0 Å². The van der Waals surface area contributed by atoms with E-state index in [1.54, 1.807) is 6.92 Å². The molecule has 6 nitrogen and oxygen atoms in total. The number of carbonyl (C=O) groups is 2. The lowest BCUT2D eigenvalue weighted by Crippen LogP contribution is -2.15. The summed E-state index contributed by atoms with van der Waals surface area (Å²) in [6, 6.07) is 1.20. The number of anilines is 2. The van der Waals surface area contributed by atoms with Crippen LogP contribution in [-0.2, 0) is 9.53 Å². The number of rotatable bonds is 3. The smallest absolute Gasteiger partial charge is 0.411 e. The normalized spacial score (nSPS) is 9.59. The largest absolute Gasteiger partial charge is 0.450 e. The van der Waals surface area contributed by atoms with Gasteiger partial charge in [0.15, 0.2) is 5.82 Å². The van der Waals surface area contributed by atoms with Gasteiger partial charge in [-0.25, -0.2) is 14.2 Å². The summed E-state index contributed by atoms with van der Waals surface area (Å²) in [6.07, 6.45) is 0.124. The number of hydrogen-bond acceptors (Lipinski definition) is 4. The molecule has 1 aromatic rings. The zero-order valence-electron chi connectivity index (χ0n) is 9.41. The van der Waals surface area contributed by atoms with Gasteiger partial charge in [0.25, 0.3) is 0 Å². The number of amides is 2. The molecule has 0 aromatic carbocycles. The molecular formula is C10H12FN3O3. The Labute approximate surface area is 97.2 Å². The van der Waals surface area contributed by atoms with Gasteiger partial charge in [-0.2, -0.15) is 0 Å². The fourth-order valence-corrected chi connectivity index (χ4v) is 1.06. The first-order valence-corrected chi connectivity index (χ1v) is 4.89. The minimum absolute atomic E-state index is 0.109. The Morgan fingerprint density at radius 1 is 1.47 bits per heavy atom. The van der Waals surface area contributed by atoms with E-state index in [0.29, 0.717) is 0 Å². The molecule has 2 amide bonds. The molecule has 0 fully saturated rings. The van der Waals surface area contributed by atoms with E-state index in [9.17, 15) is 14.0 Å². The average Bonchev–Trinajstić information content (AvgIpc) is 2.22. The molecule has 0 atom stereocenters. The lowest BCUT2D eigenvalue weighted by Gasteiger charge is -2.08. The molecule has 0 saturated heterocycles. The summed E-state index contributed by atoms with van der Waals surface area (Å²) in [6.45, 7) is 3.10. The SMILES string of the molecule is CCOC(=O)Nc1cc(NC(C)=O)ncc1F. The van der Waals surface area contributed by atoms with Crippen LogP contribution >= 0.6 is 0 Å². The van der Waals surface area contributed by atoms with Crippen molar-refractivity contribution in [3.05, 3.63) is 18.1 Å².